The highest BCUT2D eigenvalue weighted by molar-refractivity contribution is 5.90. The van der Waals surface area contributed by atoms with Gasteiger partial charge in [0.1, 0.15) is 0 Å². The number of aromatic nitrogens is 2. The lowest BCUT2D eigenvalue weighted by molar-refractivity contribution is -0.116. The number of nitrogens with one attached hydrogen (secondary N) is 1. The Morgan fingerprint density at radius 1 is 1.38 bits per heavy atom. The van der Waals surface area contributed by atoms with Gasteiger partial charge in [0.25, 0.3) is 5.56 Å². The Hall–Kier alpha value is -2.94. The van der Waals surface area contributed by atoms with Crippen LogP contribution in [-0.4, -0.2) is 15.5 Å². The second-order valence-electron chi connectivity index (χ2n) is 4.46. The highest BCUT2D eigenvalue weighted by Gasteiger charge is 2.04. The van der Waals surface area contributed by atoms with Crippen molar-refractivity contribution in [1.29, 1.82) is 5.26 Å². The predicted molar refractivity (Wildman–Crippen MR) is 77.5 cm³/mol. The minimum absolute atomic E-state index is 0.132. The first-order valence-electron chi connectivity index (χ1n) is 6.49. The summed E-state index contributed by atoms with van der Waals surface area (Å²) >= 11 is 0. The molecule has 21 heavy (non-hydrogen) atoms. The molecule has 0 bridgehead atoms. The molecule has 0 saturated heterocycles. The van der Waals surface area contributed by atoms with E-state index in [1.54, 1.807) is 24.3 Å². The van der Waals surface area contributed by atoms with E-state index in [9.17, 15) is 9.59 Å². The summed E-state index contributed by atoms with van der Waals surface area (Å²) in [6.45, 7) is 0.443. The van der Waals surface area contributed by atoms with Crippen LogP contribution in [0, 0.1) is 11.3 Å². The third-order valence-corrected chi connectivity index (χ3v) is 2.87. The average Bonchev–Trinajstić information content (AvgIpc) is 2.49. The normalized spacial score (nSPS) is 9.86. The van der Waals surface area contributed by atoms with Crippen molar-refractivity contribution >= 4 is 11.6 Å². The van der Waals surface area contributed by atoms with E-state index in [-0.39, 0.29) is 17.9 Å². The maximum atomic E-state index is 11.8. The summed E-state index contributed by atoms with van der Waals surface area (Å²) in [7, 11) is 0. The first kappa shape index (κ1) is 14.5. The van der Waals surface area contributed by atoms with Crippen molar-refractivity contribution in [3.05, 3.63) is 58.8 Å². The van der Waals surface area contributed by atoms with Crippen molar-refractivity contribution in [1.82, 2.24) is 9.55 Å². The molecule has 2 rings (SSSR count). The molecular formula is C15H14N4O2. The highest BCUT2D eigenvalue weighted by atomic mass is 16.1. The molecule has 1 aromatic carbocycles. The van der Waals surface area contributed by atoms with Gasteiger partial charge in [-0.3, -0.25) is 14.2 Å². The standard InChI is InChI=1S/C15H14N4O2/c16-10-12-3-1-4-13(9-12)18-14(20)5-2-8-19-11-17-7-6-15(19)21/h1,3-4,6-7,9,11H,2,5,8H2,(H,18,20). The smallest absolute Gasteiger partial charge is 0.253 e. The molecule has 2 aromatic rings. The van der Waals surface area contributed by atoms with Crippen LogP contribution in [0.5, 0.6) is 0 Å². The molecule has 0 fully saturated rings. The Morgan fingerprint density at radius 2 is 2.24 bits per heavy atom. The van der Waals surface area contributed by atoms with Gasteiger partial charge in [0.2, 0.25) is 5.91 Å². The minimum atomic E-state index is -0.151. The summed E-state index contributed by atoms with van der Waals surface area (Å²) in [6.07, 6.45) is 3.72. The molecule has 1 heterocycles. The van der Waals surface area contributed by atoms with Gasteiger partial charge in [-0.2, -0.15) is 5.26 Å². The van der Waals surface area contributed by atoms with Crippen LogP contribution in [0.15, 0.2) is 47.7 Å². The maximum Gasteiger partial charge on any atom is 0.253 e. The SMILES string of the molecule is N#Cc1cccc(NC(=O)CCCn2cnccc2=O)c1. The number of hydrogen-bond acceptors (Lipinski definition) is 4. The van der Waals surface area contributed by atoms with E-state index in [1.165, 1.54) is 23.2 Å². The summed E-state index contributed by atoms with van der Waals surface area (Å²) in [4.78, 5) is 27.1. The fourth-order valence-corrected chi connectivity index (χ4v) is 1.85. The highest BCUT2D eigenvalue weighted by Crippen LogP contribution is 2.10. The summed E-state index contributed by atoms with van der Waals surface area (Å²) < 4.78 is 1.46. The number of nitriles is 1. The third-order valence-electron chi connectivity index (χ3n) is 2.87. The molecular weight excluding hydrogens is 268 g/mol. The number of nitrogens with zero attached hydrogens (tertiary/aromatic N) is 3. The maximum absolute atomic E-state index is 11.8. The lowest BCUT2D eigenvalue weighted by atomic mass is 10.2. The summed E-state index contributed by atoms with van der Waals surface area (Å²) in [6, 6.07) is 10.1. The molecule has 1 amide bonds. The second-order valence-corrected chi connectivity index (χ2v) is 4.46. The van der Waals surface area contributed by atoms with E-state index < -0.39 is 0 Å². The number of carbonyl (C=O) groups excluding carboxylic acids is 1. The molecule has 0 unspecified atom stereocenters. The van der Waals surface area contributed by atoms with Crippen molar-refractivity contribution in [3.8, 4) is 6.07 Å². The molecule has 106 valence electrons. The van der Waals surface area contributed by atoms with Crippen LogP contribution in [0.1, 0.15) is 18.4 Å². The lowest BCUT2D eigenvalue weighted by Crippen LogP contribution is -2.20. The Balaban J connectivity index is 1.84. The van der Waals surface area contributed by atoms with E-state index in [2.05, 4.69) is 10.3 Å². The Bertz CT molecular complexity index is 731. The van der Waals surface area contributed by atoms with Crippen LogP contribution >= 0.6 is 0 Å². The molecule has 0 aliphatic carbocycles. The van der Waals surface area contributed by atoms with Crippen LogP contribution in [0.25, 0.3) is 0 Å². The molecule has 0 radical (unpaired) electrons. The number of rotatable bonds is 5. The average molecular weight is 282 g/mol. The van der Waals surface area contributed by atoms with Crippen molar-refractivity contribution in [2.75, 3.05) is 5.32 Å². The molecule has 6 heteroatoms. The zero-order chi connectivity index (χ0) is 15.1. The molecule has 0 aliphatic heterocycles. The Morgan fingerprint density at radius 3 is 3.00 bits per heavy atom. The van der Waals surface area contributed by atoms with Gasteiger partial charge in [-0.1, -0.05) is 6.07 Å². The van der Waals surface area contributed by atoms with E-state index >= 15 is 0 Å². The van der Waals surface area contributed by atoms with Crippen LogP contribution in [0.3, 0.4) is 0 Å². The van der Waals surface area contributed by atoms with Gasteiger partial charge in [-0.25, -0.2) is 4.98 Å². The van der Waals surface area contributed by atoms with Crippen LogP contribution in [0.2, 0.25) is 0 Å². The summed E-state index contributed by atoms with van der Waals surface area (Å²) in [5, 5.41) is 11.5. The molecule has 0 spiro atoms. The van der Waals surface area contributed by atoms with Crippen molar-refractivity contribution in [2.24, 2.45) is 0 Å². The topological polar surface area (TPSA) is 87.8 Å². The van der Waals surface area contributed by atoms with Gasteiger partial charge in [0, 0.05) is 30.9 Å². The quantitative estimate of drug-likeness (QED) is 0.900. The van der Waals surface area contributed by atoms with Gasteiger partial charge in [0.05, 0.1) is 18.0 Å². The Kier molecular flexibility index (Phi) is 4.83. The Labute approximate surface area is 121 Å². The van der Waals surface area contributed by atoms with E-state index in [4.69, 9.17) is 5.26 Å². The number of aryl methyl sites for hydroxylation is 1. The van der Waals surface area contributed by atoms with Crippen LogP contribution < -0.4 is 10.9 Å². The van der Waals surface area contributed by atoms with Crippen molar-refractivity contribution in [2.45, 2.75) is 19.4 Å². The summed E-state index contributed by atoms with van der Waals surface area (Å²) in [5.41, 5.74) is 0.958. The molecule has 1 N–H and O–H groups in total. The van der Waals surface area contributed by atoms with Crippen molar-refractivity contribution < 1.29 is 4.79 Å². The van der Waals surface area contributed by atoms with Crippen LogP contribution in [0.4, 0.5) is 5.69 Å². The van der Waals surface area contributed by atoms with E-state index in [0.29, 0.717) is 24.2 Å². The molecule has 1 aromatic heterocycles. The fraction of sp³-hybridized carbons (Fsp3) is 0.200. The second kappa shape index (κ2) is 7.01. The fourth-order valence-electron chi connectivity index (χ4n) is 1.85. The largest absolute Gasteiger partial charge is 0.326 e. The molecule has 6 nitrogen and oxygen atoms in total. The van der Waals surface area contributed by atoms with Gasteiger partial charge in [-0.05, 0) is 24.6 Å². The zero-order valence-electron chi connectivity index (χ0n) is 11.3. The number of hydrogen-bond donors (Lipinski definition) is 1. The number of benzene rings is 1. The van der Waals surface area contributed by atoms with Crippen molar-refractivity contribution in [3.63, 3.8) is 0 Å². The predicted octanol–water partition coefficient (Wildman–Crippen LogP) is 1.53. The van der Waals surface area contributed by atoms with Gasteiger partial charge < -0.3 is 5.32 Å². The third kappa shape index (κ3) is 4.28. The van der Waals surface area contributed by atoms with Gasteiger partial charge in [-0.15, -0.1) is 0 Å². The summed E-state index contributed by atoms with van der Waals surface area (Å²) in [5.74, 6) is -0.151. The van der Waals surface area contributed by atoms with Crippen LogP contribution in [-0.2, 0) is 11.3 Å². The first-order valence-corrected chi connectivity index (χ1v) is 6.49. The minimum Gasteiger partial charge on any atom is -0.326 e. The lowest BCUT2D eigenvalue weighted by Gasteiger charge is -2.06. The van der Waals surface area contributed by atoms with Gasteiger partial charge >= 0.3 is 0 Å². The first-order chi connectivity index (χ1) is 10.2. The number of carbonyl (C=O) groups is 1. The van der Waals surface area contributed by atoms with Gasteiger partial charge in [0.15, 0.2) is 0 Å². The number of anilines is 1. The molecule has 0 saturated carbocycles. The molecule has 0 aliphatic rings. The zero-order valence-corrected chi connectivity index (χ0v) is 11.3. The number of amides is 1. The molecule has 0 atom stereocenters. The van der Waals surface area contributed by atoms with E-state index in [0.717, 1.165) is 0 Å². The van der Waals surface area contributed by atoms with E-state index in [1.807, 2.05) is 6.07 Å². The monoisotopic (exact) mass is 282 g/mol.